The van der Waals surface area contributed by atoms with Gasteiger partial charge in [-0.3, -0.25) is 10.2 Å². The molecule has 0 bridgehead atoms. The first-order chi connectivity index (χ1) is 12.1. The van der Waals surface area contributed by atoms with Crippen LogP contribution < -0.4 is 16.2 Å². The van der Waals surface area contributed by atoms with E-state index in [1.54, 1.807) is 12.1 Å². The summed E-state index contributed by atoms with van der Waals surface area (Å²) in [5.41, 5.74) is 8.81. The third-order valence-corrected chi connectivity index (χ3v) is 4.70. The van der Waals surface area contributed by atoms with Crippen molar-refractivity contribution in [2.45, 2.75) is 19.0 Å². The van der Waals surface area contributed by atoms with Gasteiger partial charge in [-0.05, 0) is 42.3 Å². The van der Waals surface area contributed by atoms with Crippen molar-refractivity contribution in [2.24, 2.45) is 5.92 Å². The number of carbonyl (C=O) groups is 1. The number of hydrogen-bond donors (Lipinski definition) is 3. The van der Waals surface area contributed by atoms with Gasteiger partial charge in [0.25, 0.3) is 0 Å². The second-order valence-electron chi connectivity index (χ2n) is 6.13. The number of benzene rings is 2. The highest BCUT2D eigenvalue weighted by atomic mass is 35.5. The van der Waals surface area contributed by atoms with Gasteiger partial charge in [-0.2, -0.15) is 5.26 Å². The third-order valence-electron chi connectivity index (χ3n) is 4.45. The molecule has 5 nitrogen and oxygen atoms in total. The summed E-state index contributed by atoms with van der Waals surface area (Å²) in [5.74, 6) is -0.240. The van der Waals surface area contributed by atoms with Crippen LogP contribution in [0.1, 0.15) is 35.7 Å². The maximum atomic E-state index is 12.7. The van der Waals surface area contributed by atoms with Gasteiger partial charge >= 0.3 is 0 Å². The molecule has 128 valence electrons. The summed E-state index contributed by atoms with van der Waals surface area (Å²) in [6, 6.07) is 16.6. The lowest BCUT2D eigenvalue weighted by molar-refractivity contribution is -0.125. The van der Waals surface area contributed by atoms with Crippen molar-refractivity contribution in [3.8, 4) is 6.07 Å². The van der Waals surface area contributed by atoms with E-state index >= 15 is 0 Å². The lowest BCUT2D eigenvalue weighted by atomic mass is 9.93. The normalized spacial score (nSPS) is 20.7. The van der Waals surface area contributed by atoms with Crippen molar-refractivity contribution < 1.29 is 4.79 Å². The summed E-state index contributed by atoms with van der Waals surface area (Å²) in [6.07, 6.45) is 0. The standard InChI is InChI=1S/C19H19ClN4O/c1-12(14-4-2-13(10-21)3-5-14)23-19(25)17-11-22-24-18(17)15-6-8-16(20)9-7-15/h2-9,12,17-18,22,24H,11H2,1H3,(H,23,25). The summed E-state index contributed by atoms with van der Waals surface area (Å²) < 4.78 is 0. The molecule has 1 heterocycles. The van der Waals surface area contributed by atoms with Gasteiger partial charge in [0.05, 0.1) is 29.6 Å². The number of hydrazine groups is 1. The molecule has 3 unspecified atom stereocenters. The highest BCUT2D eigenvalue weighted by Crippen LogP contribution is 2.27. The average molecular weight is 355 g/mol. The highest BCUT2D eigenvalue weighted by Gasteiger charge is 2.34. The molecule has 3 rings (SSSR count). The van der Waals surface area contributed by atoms with Crippen LogP contribution in [0, 0.1) is 17.2 Å². The second-order valence-corrected chi connectivity index (χ2v) is 6.56. The average Bonchev–Trinajstić information content (AvgIpc) is 3.12. The fourth-order valence-corrected chi connectivity index (χ4v) is 3.10. The molecule has 0 aromatic heterocycles. The molecule has 3 atom stereocenters. The zero-order valence-electron chi connectivity index (χ0n) is 13.8. The van der Waals surface area contributed by atoms with Gasteiger partial charge in [-0.25, -0.2) is 5.43 Å². The highest BCUT2D eigenvalue weighted by molar-refractivity contribution is 6.30. The minimum absolute atomic E-state index is 0.0192. The Hall–Kier alpha value is -2.39. The molecule has 6 heteroatoms. The summed E-state index contributed by atoms with van der Waals surface area (Å²) in [7, 11) is 0. The summed E-state index contributed by atoms with van der Waals surface area (Å²) >= 11 is 5.94. The van der Waals surface area contributed by atoms with Crippen LogP contribution in [0.5, 0.6) is 0 Å². The number of amides is 1. The number of halogens is 1. The van der Waals surface area contributed by atoms with E-state index in [4.69, 9.17) is 16.9 Å². The van der Waals surface area contributed by atoms with Gasteiger partial charge in [0.15, 0.2) is 0 Å². The molecule has 25 heavy (non-hydrogen) atoms. The molecule has 1 fully saturated rings. The lowest BCUT2D eigenvalue weighted by Crippen LogP contribution is -2.36. The Morgan fingerprint density at radius 3 is 2.56 bits per heavy atom. The molecular weight excluding hydrogens is 336 g/mol. The van der Waals surface area contributed by atoms with Crippen LogP contribution in [-0.2, 0) is 4.79 Å². The van der Waals surface area contributed by atoms with Crippen LogP contribution in [0.2, 0.25) is 5.02 Å². The maximum absolute atomic E-state index is 12.7. The quantitative estimate of drug-likeness (QED) is 0.789. The van der Waals surface area contributed by atoms with Crippen LogP contribution in [0.15, 0.2) is 48.5 Å². The van der Waals surface area contributed by atoms with Crippen LogP contribution in [0.3, 0.4) is 0 Å². The topological polar surface area (TPSA) is 77.0 Å². The van der Waals surface area contributed by atoms with Crippen molar-refractivity contribution in [2.75, 3.05) is 6.54 Å². The van der Waals surface area contributed by atoms with Crippen molar-refractivity contribution in [3.05, 3.63) is 70.2 Å². The summed E-state index contributed by atoms with van der Waals surface area (Å²) in [6.45, 7) is 2.49. The largest absolute Gasteiger partial charge is 0.349 e. The molecule has 1 aliphatic rings. The van der Waals surface area contributed by atoms with Crippen LogP contribution in [0.4, 0.5) is 0 Å². The monoisotopic (exact) mass is 354 g/mol. The molecule has 2 aromatic rings. The summed E-state index contributed by atoms with van der Waals surface area (Å²) in [5, 5.41) is 12.6. The number of rotatable bonds is 4. The Labute approximate surface area is 152 Å². The predicted molar refractivity (Wildman–Crippen MR) is 96.5 cm³/mol. The molecule has 1 saturated heterocycles. The van der Waals surface area contributed by atoms with Crippen molar-refractivity contribution in [1.29, 1.82) is 5.26 Å². The van der Waals surface area contributed by atoms with Crippen molar-refractivity contribution >= 4 is 17.5 Å². The second kappa shape index (κ2) is 7.66. The Balaban J connectivity index is 1.68. The fraction of sp³-hybridized carbons (Fsp3) is 0.263. The first-order valence-electron chi connectivity index (χ1n) is 8.13. The Morgan fingerprint density at radius 1 is 1.24 bits per heavy atom. The van der Waals surface area contributed by atoms with Crippen LogP contribution in [0.25, 0.3) is 0 Å². The molecule has 1 amide bonds. The Morgan fingerprint density at radius 2 is 1.92 bits per heavy atom. The molecule has 0 radical (unpaired) electrons. The molecule has 0 saturated carbocycles. The van der Waals surface area contributed by atoms with Gasteiger partial charge in [0.1, 0.15) is 0 Å². The zero-order chi connectivity index (χ0) is 17.8. The number of hydrogen-bond acceptors (Lipinski definition) is 4. The molecule has 0 spiro atoms. The van der Waals surface area contributed by atoms with E-state index in [-0.39, 0.29) is 23.9 Å². The van der Waals surface area contributed by atoms with Gasteiger partial charge < -0.3 is 5.32 Å². The minimum atomic E-state index is -0.220. The van der Waals surface area contributed by atoms with E-state index in [9.17, 15) is 4.79 Å². The fourth-order valence-electron chi connectivity index (χ4n) is 2.98. The number of nitrogens with zero attached hydrogens (tertiary/aromatic N) is 1. The maximum Gasteiger partial charge on any atom is 0.226 e. The number of nitrogens with one attached hydrogen (secondary N) is 3. The SMILES string of the molecule is CC(NC(=O)C1CNNC1c1ccc(Cl)cc1)c1ccc(C#N)cc1. The number of carbonyl (C=O) groups excluding carboxylic acids is 1. The van der Waals surface area contributed by atoms with Crippen molar-refractivity contribution in [1.82, 2.24) is 16.2 Å². The van der Waals surface area contributed by atoms with E-state index in [1.165, 1.54) is 0 Å². The molecule has 1 aliphatic heterocycles. The van der Waals surface area contributed by atoms with Gasteiger partial charge in [-0.15, -0.1) is 0 Å². The van der Waals surface area contributed by atoms with Gasteiger partial charge in [0.2, 0.25) is 5.91 Å². The Bertz CT molecular complexity index is 783. The number of nitriles is 1. The summed E-state index contributed by atoms with van der Waals surface area (Å²) in [4.78, 5) is 12.7. The van der Waals surface area contributed by atoms with Gasteiger partial charge in [-0.1, -0.05) is 35.9 Å². The first-order valence-corrected chi connectivity index (χ1v) is 8.50. The van der Waals surface area contributed by atoms with Gasteiger partial charge in [0, 0.05) is 11.6 Å². The van der Waals surface area contributed by atoms with E-state index in [0.29, 0.717) is 17.1 Å². The molecule has 0 aliphatic carbocycles. The minimum Gasteiger partial charge on any atom is -0.349 e. The van der Waals surface area contributed by atoms with Crippen LogP contribution in [-0.4, -0.2) is 12.5 Å². The first kappa shape index (κ1) is 17.4. The third kappa shape index (κ3) is 3.99. The van der Waals surface area contributed by atoms with Crippen LogP contribution >= 0.6 is 11.6 Å². The van der Waals surface area contributed by atoms with E-state index in [0.717, 1.165) is 11.1 Å². The smallest absolute Gasteiger partial charge is 0.226 e. The molecular formula is C19H19ClN4O. The van der Waals surface area contributed by atoms with E-state index in [1.807, 2.05) is 43.3 Å². The van der Waals surface area contributed by atoms with E-state index in [2.05, 4.69) is 22.2 Å². The lowest BCUT2D eigenvalue weighted by Gasteiger charge is -2.21. The zero-order valence-corrected chi connectivity index (χ0v) is 14.5. The van der Waals surface area contributed by atoms with Crippen molar-refractivity contribution in [3.63, 3.8) is 0 Å². The Kier molecular flexibility index (Phi) is 5.34. The van der Waals surface area contributed by atoms with E-state index < -0.39 is 0 Å². The predicted octanol–water partition coefficient (Wildman–Crippen LogP) is 2.85. The molecule has 2 aromatic carbocycles. The molecule has 3 N–H and O–H groups in total.